The summed E-state index contributed by atoms with van der Waals surface area (Å²) < 4.78 is 59.4. The van der Waals surface area contributed by atoms with E-state index in [4.69, 9.17) is 40.7 Å². The molecule has 2 unspecified atom stereocenters. The van der Waals surface area contributed by atoms with Crippen molar-refractivity contribution in [3.05, 3.63) is 88.5 Å². The van der Waals surface area contributed by atoms with Crippen LogP contribution in [0, 0.1) is 11.8 Å². The number of H-pyrrole nitrogens is 1. The first-order valence-corrected chi connectivity index (χ1v) is 16.2. The molecule has 0 amide bonds. The van der Waals surface area contributed by atoms with Crippen molar-refractivity contribution < 1.29 is 31.9 Å². The van der Waals surface area contributed by atoms with Crippen molar-refractivity contribution >= 4 is 28.1 Å². The number of methoxy groups -OCH3 is 1. The van der Waals surface area contributed by atoms with Gasteiger partial charge >= 0.3 is 4.84 Å². The number of aryl methyl sites for hydroxylation is 1. The van der Waals surface area contributed by atoms with E-state index in [0.29, 0.717) is 35.2 Å². The first kappa shape index (κ1) is 31.3. The Kier molecular flexibility index (Phi) is 8.86. The summed E-state index contributed by atoms with van der Waals surface area (Å²) in [6.07, 6.45) is 4.57. The largest absolute Gasteiger partial charge is 0.493 e. The number of aliphatic imine (C=N–C) groups is 1. The standard InChI is InChI=1S/C30H31N7O7S2/c1-18-10-11-24(32-16-18)46(38,39)37-28-25(43-23-9-5-4-8-22(23)40-3)30(2,42-17-20-7-6-14-41-20)35-26(33-28)19-12-13-31-21(15-19)27-34-29(45)44-36-27/h4-5,8-13,15-16,20,37H,6-7,14,17H2,1-3H3,(H,33,35)(H,34,36,45). The smallest absolute Gasteiger partial charge is 0.314 e. The van der Waals surface area contributed by atoms with E-state index in [1.165, 1.54) is 19.4 Å². The summed E-state index contributed by atoms with van der Waals surface area (Å²) in [6.45, 7) is 4.29. The zero-order chi connectivity index (χ0) is 32.3. The molecule has 1 aromatic carbocycles. The van der Waals surface area contributed by atoms with E-state index in [1.54, 1.807) is 55.6 Å². The Hall–Kier alpha value is -4.64. The van der Waals surface area contributed by atoms with Gasteiger partial charge in [0.2, 0.25) is 5.72 Å². The maximum atomic E-state index is 13.7. The molecule has 3 N–H and O–H groups in total. The Labute approximate surface area is 269 Å². The van der Waals surface area contributed by atoms with Gasteiger partial charge in [-0.05, 0) is 74.8 Å². The minimum Gasteiger partial charge on any atom is -0.493 e. The average Bonchev–Trinajstić information content (AvgIpc) is 3.74. The number of nitrogens with zero attached hydrogens (tertiary/aromatic N) is 4. The van der Waals surface area contributed by atoms with Gasteiger partial charge in [-0.15, -0.1) is 0 Å². The highest BCUT2D eigenvalue weighted by Gasteiger charge is 2.42. The molecular formula is C30H31N7O7S2. The van der Waals surface area contributed by atoms with E-state index < -0.39 is 15.7 Å². The van der Waals surface area contributed by atoms with E-state index in [0.717, 1.165) is 18.4 Å². The maximum absolute atomic E-state index is 13.7. The van der Waals surface area contributed by atoms with Crippen LogP contribution in [0.5, 0.6) is 11.5 Å². The second-order valence-electron chi connectivity index (χ2n) is 10.6. The van der Waals surface area contributed by atoms with Crippen molar-refractivity contribution in [3.8, 4) is 23.0 Å². The van der Waals surface area contributed by atoms with Crippen LogP contribution >= 0.6 is 12.2 Å². The van der Waals surface area contributed by atoms with Gasteiger partial charge in [-0.25, -0.2) is 9.98 Å². The molecule has 3 aromatic heterocycles. The number of sulfonamides is 1. The molecule has 46 heavy (non-hydrogen) atoms. The van der Waals surface area contributed by atoms with E-state index in [9.17, 15) is 8.42 Å². The minimum atomic E-state index is -4.23. The Morgan fingerprint density at radius 2 is 1.98 bits per heavy atom. The zero-order valence-electron chi connectivity index (χ0n) is 25.1. The van der Waals surface area contributed by atoms with Crippen LogP contribution in [0.4, 0.5) is 0 Å². The molecule has 6 rings (SSSR count). The van der Waals surface area contributed by atoms with Crippen molar-refractivity contribution in [2.45, 2.75) is 43.5 Å². The van der Waals surface area contributed by atoms with Gasteiger partial charge in [0.25, 0.3) is 10.0 Å². The summed E-state index contributed by atoms with van der Waals surface area (Å²) in [5, 5.41) is 5.56. The Bertz CT molecular complexity index is 1950. The number of nitrogens with one attached hydrogen (secondary N) is 3. The number of para-hydroxylation sites is 2. The number of aromatic nitrogens is 4. The SMILES string of the molecule is COc1ccccc1OC1=C(NS(=O)(=O)c2ccc(C)cn2)NC(c2ccnc(-c3nc(=S)o[nH]3)c2)=NC1(C)OCC1CCCO1. The normalized spacial score (nSPS) is 19.8. The summed E-state index contributed by atoms with van der Waals surface area (Å²) in [7, 11) is -2.72. The molecule has 2 aliphatic rings. The van der Waals surface area contributed by atoms with Gasteiger partial charge < -0.3 is 28.8 Å². The molecule has 0 aliphatic carbocycles. The lowest BCUT2D eigenvalue weighted by molar-refractivity contribution is -0.0673. The van der Waals surface area contributed by atoms with Gasteiger partial charge in [0.1, 0.15) is 11.5 Å². The number of hydrogen-bond acceptors (Lipinski definition) is 13. The lowest BCUT2D eigenvalue weighted by atomic mass is 10.1. The van der Waals surface area contributed by atoms with Crippen molar-refractivity contribution in [2.24, 2.45) is 4.99 Å². The fraction of sp³-hybridized carbons (Fsp3) is 0.300. The molecule has 0 spiro atoms. The molecule has 4 aromatic rings. The van der Waals surface area contributed by atoms with E-state index >= 15 is 0 Å². The predicted molar refractivity (Wildman–Crippen MR) is 168 cm³/mol. The van der Waals surface area contributed by atoms with Crippen LogP contribution in [0.1, 0.15) is 30.9 Å². The van der Waals surface area contributed by atoms with Crippen LogP contribution in [-0.2, 0) is 19.5 Å². The monoisotopic (exact) mass is 665 g/mol. The van der Waals surface area contributed by atoms with Gasteiger partial charge in [0, 0.05) is 24.6 Å². The molecule has 2 aliphatic heterocycles. The predicted octanol–water partition coefficient (Wildman–Crippen LogP) is 3.99. The van der Waals surface area contributed by atoms with Crippen LogP contribution in [-0.4, -0.2) is 66.5 Å². The second kappa shape index (κ2) is 13.0. The van der Waals surface area contributed by atoms with Crippen LogP contribution in [0.25, 0.3) is 11.5 Å². The third kappa shape index (κ3) is 6.79. The van der Waals surface area contributed by atoms with Crippen LogP contribution in [0.15, 0.2) is 87.0 Å². The first-order valence-electron chi connectivity index (χ1n) is 14.3. The molecule has 0 saturated carbocycles. The first-order chi connectivity index (χ1) is 22.1. The highest BCUT2D eigenvalue weighted by Crippen LogP contribution is 2.36. The zero-order valence-corrected chi connectivity index (χ0v) is 26.8. The summed E-state index contributed by atoms with van der Waals surface area (Å²) in [6, 6.07) is 13.4. The third-order valence-corrected chi connectivity index (χ3v) is 8.62. The molecule has 16 heteroatoms. The van der Waals surface area contributed by atoms with Crippen molar-refractivity contribution in [1.29, 1.82) is 0 Å². The number of ether oxygens (including phenoxy) is 4. The molecule has 1 fully saturated rings. The number of rotatable bonds is 11. The van der Waals surface area contributed by atoms with E-state index in [-0.39, 0.29) is 40.0 Å². The summed E-state index contributed by atoms with van der Waals surface area (Å²) >= 11 is 4.99. The minimum absolute atomic E-state index is 0.0212. The summed E-state index contributed by atoms with van der Waals surface area (Å²) in [5.41, 5.74) is 0.179. The topological polar surface area (TPSA) is 175 Å². The average molecular weight is 666 g/mol. The Balaban J connectivity index is 1.47. The third-order valence-electron chi connectivity index (χ3n) is 7.18. The molecule has 2 atom stereocenters. The van der Waals surface area contributed by atoms with E-state index in [1.807, 2.05) is 6.92 Å². The highest BCUT2D eigenvalue weighted by atomic mass is 32.2. The highest BCUT2D eigenvalue weighted by molar-refractivity contribution is 7.89. The quantitative estimate of drug-likeness (QED) is 0.197. The van der Waals surface area contributed by atoms with Gasteiger partial charge in [-0.3, -0.25) is 9.71 Å². The Morgan fingerprint density at radius 1 is 1.15 bits per heavy atom. The number of hydrogen-bond donors (Lipinski definition) is 3. The molecule has 1 saturated heterocycles. The number of amidine groups is 1. The van der Waals surface area contributed by atoms with Gasteiger partial charge in [-0.2, -0.15) is 18.6 Å². The van der Waals surface area contributed by atoms with Crippen molar-refractivity contribution in [1.82, 2.24) is 30.1 Å². The van der Waals surface area contributed by atoms with Crippen molar-refractivity contribution in [3.63, 3.8) is 0 Å². The molecular weight excluding hydrogens is 635 g/mol. The fourth-order valence-corrected chi connectivity index (χ4v) is 5.93. The lowest BCUT2D eigenvalue weighted by Gasteiger charge is -2.35. The molecule has 240 valence electrons. The number of benzene rings is 1. The fourth-order valence-electron chi connectivity index (χ4n) is 4.84. The van der Waals surface area contributed by atoms with Gasteiger partial charge in [0.15, 0.2) is 33.9 Å². The summed E-state index contributed by atoms with van der Waals surface area (Å²) in [5.74, 6) is 1.27. The number of pyridine rings is 2. The maximum Gasteiger partial charge on any atom is 0.314 e. The lowest BCUT2D eigenvalue weighted by Crippen LogP contribution is -2.49. The molecule has 14 nitrogen and oxygen atoms in total. The second-order valence-corrected chi connectivity index (χ2v) is 12.6. The van der Waals surface area contributed by atoms with Crippen LogP contribution in [0.3, 0.4) is 0 Å². The van der Waals surface area contributed by atoms with E-state index in [2.05, 4.69) is 30.1 Å². The van der Waals surface area contributed by atoms with Gasteiger partial charge in [0.05, 0.1) is 19.8 Å². The van der Waals surface area contributed by atoms with Crippen LogP contribution < -0.4 is 19.5 Å². The van der Waals surface area contributed by atoms with Gasteiger partial charge in [-0.1, -0.05) is 18.2 Å². The van der Waals surface area contributed by atoms with Crippen LogP contribution in [0.2, 0.25) is 0 Å². The van der Waals surface area contributed by atoms with Crippen molar-refractivity contribution in [2.75, 3.05) is 20.3 Å². The molecule has 0 radical (unpaired) electrons. The number of aromatic amines is 1. The Morgan fingerprint density at radius 3 is 2.67 bits per heavy atom. The molecule has 0 bridgehead atoms. The summed E-state index contributed by atoms with van der Waals surface area (Å²) in [4.78, 5) is 17.6. The molecule has 5 heterocycles.